The van der Waals surface area contributed by atoms with Crippen LogP contribution in [0.25, 0.3) is 0 Å². The maximum atomic E-state index is 13.1. The first-order valence-corrected chi connectivity index (χ1v) is 6.70. The number of halogens is 5. The van der Waals surface area contributed by atoms with E-state index in [2.05, 4.69) is 10.1 Å². The van der Waals surface area contributed by atoms with Crippen LogP contribution in [0.15, 0.2) is 0 Å². The van der Waals surface area contributed by atoms with E-state index >= 15 is 0 Å². The molecule has 0 saturated carbocycles. The van der Waals surface area contributed by atoms with Crippen molar-refractivity contribution < 1.29 is 49.2 Å². The Hall–Kier alpha value is -1.05. The molecular weight excluding hydrogens is 333 g/mol. The molecule has 0 aromatic heterocycles. The molecule has 0 amide bonds. The minimum Gasteiger partial charge on any atom is -0.743 e. The Bertz CT molecular complexity index is 486. The highest BCUT2D eigenvalue weighted by molar-refractivity contribution is 7.86. The van der Waals surface area contributed by atoms with E-state index in [0.717, 1.165) is 0 Å². The zero-order chi connectivity index (χ0) is 16.5. The molecular formula is C8H9F5NO6S-. The van der Waals surface area contributed by atoms with E-state index in [4.69, 9.17) is 4.74 Å². The van der Waals surface area contributed by atoms with E-state index in [1.54, 1.807) is 0 Å². The average molecular weight is 342 g/mol. The summed E-state index contributed by atoms with van der Waals surface area (Å²) in [5, 5.41) is -3.52. The summed E-state index contributed by atoms with van der Waals surface area (Å²) in [6.45, 7) is -0.261. The summed E-state index contributed by atoms with van der Waals surface area (Å²) in [5.41, 5.74) is 0. The topological polar surface area (TPSA) is 105 Å². The van der Waals surface area contributed by atoms with Gasteiger partial charge in [-0.3, -0.25) is 4.79 Å². The van der Waals surface area contributed by atoms with Crippen molar-refractivity contribution in [1.82, 2.24) is 5.32 Å². The lowest BCUT2D eigenvalue weighted by molar-refractivity contribution is -0.260. The predicted octanol–water partition coefficient (Wildman–Crippen LogP) is -0.413. The van der Waals surface area contributed by atoms with E-state index in [9.17, 15) is 39.7 Å². The molecule has 1 fully saturated rings. The van der Waals surface area contributed by atoms with E-state index in [1.807, 2.05) is 0 Å². The molecule has 1 aliphatic rings. The number of ether oxygens (including phenoxy) is 2. The third-order valence-electron chi connectivity index (χ3n) is 2.38. The normalized spacial score (nSPS) is 22.7. The van der Waals surface area contributed by atoms with Crippen LogP contribution in [0.1, 0.15) is 0 Å². The molecule has 124 valence electrons. The van der Waals surface area contributed by atoms with Gasteiger partial charge in [-0.05, 0) is 0 Å². The van der Waals surface area contributed by atoms with Crippen LogP contribution in [-0.2, 0) is 24.4 Å². The van der Waals surface area contributed by atoms with Crippen LogP contribution >= 0.6 is 0 Å². The van der Waals surface area contributed by atoms with Crippen LogP contribution in [0.4, 0.5) is 22.0 Å². The van der Waals surface area contributed by atoms with Gasteiger partial charge in [0.1, 0.15) is 6.04 Å². The maximum absolute atomic E-state index is 13.1. The first-order valence-electron chi connectivity index (χ1n) is 5.29. The molecule has 0 bridgehead atoms. The van der Waals surface area contributed by atoms with Crippen molar-refractivity contribution in [3.63, 3.8) is 0 Å². The lowest BCUT2D eigenvalue weighted by Gasteiger charge is -2.31. The van der Waals surface area contributed by atoms with Gasteiger partial charge in [0.25, 0.3) is 6.10 Å². The van der Waals surface area contributed by atoms with E-state index in [1.165, 1.54) is 0 Å². The minimum absolute atomic E-state index is 0.0483. The minimum atomic E-state index is -6.69. The fraction of sp³-hybridized carbons (Fsp3) is 0.875. The Morgan fingerprint density at radius 1 is 1.33 bits per heavy atom. The second-order valence-electron chi connectivity index (χ2n) is 3.96. The first-order chi connectivity index (χ1) is 9.37. The number of esters is 1. The molecule has 1 rings (SSSR count). The first kappa shape index (κ1) is 18.0. The zero-order valence-corrected chi connectivity index (χ0v) is 10.8. The van der Waals surface area contributed by atoms with Gasteiger partial charge >= 0.3 is 17.4 Å². The second kappa shape index (κ2) is 5.98. The molecule has 13 heteroatoms. The highest BCUT2D eigenvalue weighted by Gasteiger charge is 2.63. The summed E-state index contributed by atoms with van der Waals surface area (Å²) in [6.07, 6.45) is -10.4. The van der Waals surface area contributed by atoms with Gasteiger partial charge in [-0.15, -0.1) is 0 Å². The standard InChI is InChI=1S/C8H10F5NO6S/c9-7(10,11)6(8(12,13)21(16,17)18)20-5(15)4-3-19-2-1-14-4/h4,6,14H,1-3H2,(H,16,17,18)/p-1. The smallest absolute Gasteiger partial charge is 0.432 e. The number of morpholine rings is 1. The maximum Gasteiger partial charge on any atom is 0.432 e. The lowest BCUT2D eigenvalue weighted by Crippen LogP contribution is -2.55. The largest absolute Gasteiger partial charge is 0.743 e. The third-order valence-corrected chi connectivity index (χ3v) is 3.26. The summed E-state index contributed by atoms with van der Waals surface area (Å²) in [6, 6.07) is -1.48. The van der Waals surface area contributed by atoms with Crippen LogP contribution in [0.3, 0.4) is 0 Å². The fourth-order valence-electron chi connectivity index (χ4n) is 1.37. The van der Waals surface area contributed by atoms with Crippen LogP contribution in [0.2, 0.25) is 0 Å². The summed E-state index contributed by atoms with van der Waals surface area (Å²) in [4.78, 5) is 11.3. The van der Waals surface area contributed by atoms with Gasteiger partial charge in [-0.25, -0.2) is 8.42 Å². The molecule has 2 atom stereocenters. The van der Waals surface area contributed by atoms with Gasteiger partial charge in [-0.2, -0.15) is 22.0 Å². The zero-order valence-electron chi connectivity index (χ0n) is 10.0. The Labute approximate surface area is 115 Å². The predicted molar refractivity (Wildman–Crippen MR) is 53.2 cm³/mol. The number of carbonyl (C=O) groups excluding carboxylic acids is 1. The van der Waals surface area contributed by atoms with Crippen LogP contribution in [0, 0.1) is 0 Å². The number of alkyl halides is 5. The molecule has 0 spiro atoms. The molecule has 1 heterocycles. The Balaban J connectivity index is 2.97. The number of rotatable bonds is 4. The van der Waals surface area contributed by atoms with Crippen molar-refractivity contribution >= 4 is 16.1 Å². The van der Waals surface area contributed by atoms with Crippen LogP contribution in [-0.4, -0.2) is 62.3 Å². The Kier molecular flexibility index (Phi) is 5.13. The number of hydrogen-bond donors (Lipinski definition) is 1. The lowest BCUT2D eigenvalue weighted by atomic mass is 10.2. The van der Waals surface area contributed by atoms with Crippen molar-refractivity contribution in [1.29, 1.82) is 0 Å². The molecule has 1 N–H and O–H groups in total. The SMILES string of the molecule is O=C(OC(C(F)(F)F)C(F)(F)S(=O)(=O)[O-])C1COCCN1. The quantitative estimate of drug-likeness (QED) is 0.420. The van der Waals surface area contributed by atoms with Crippen molar-refractivity contribution in [2.24, 2.45) is 0 Å². The highest BCUT2D eigenvalue weighted by atomic mass is 32.2. The summed E-state index contributed by atoms with van der Waals surface area (Å²) in [7, 11) is -6.69. The third kappa shape index (κ3) is 4.21. The van der Waals surface area contributed by atoms with E-state index in [-0.39, 0.29) is 13.2 Å². The molecule has 0 aliphatic carbocycles. The monoisotopic (exact) mass is 342 g/mol. The van der Waals surface area contributed by atoms with Gasteiger partial charge in [0.05, 0.1) is 13.2 Å². The van der Waals surface area contributed by atoms with Gasteiger partial charge in [0.2, 0.25) is 0 Å². The summed E-state index contributed by atoms with van der Waals surface area (Å²) >= 11 is 0. The van der Waals surface area contributed by atoms with Gasteiger partial charge in [0, 0.05) is 6.54 Å². The molecule has 1 saturated heterocycles. The highest BCUT2D eigenvalue weighted by Crippen LogP contribution is 2.38. The summed E-state index contributed by atoms with van der Waals surface area (Å²) < 4.78 is 103. The Morgan fingerprint density at radius 3 is 2.29 bits per heavy atom. The van der Waals surface area contributed by atoms with Crippen LogP contribution < -0.4 is 5.32 Å². The molecule has 0 radical (unpaired) electrons. The molecule has 2 unspecified atom stereocenters. The number of carbonyl (C=O) groups is 1. The molecule has 0 aromatic carbocycles. The van der Waals surface area contributed by atoms with Gasteiger partial charge in [0.15, 0.2) is 10.1 Å². The van der Waals surface area contributed by atoms with Crippen LogP contribution in [0.5, 0.6) is 0 Å². The fourth-order valence-corrected chi connectivity index (χ4v) is 1.82. The van der Waals surface area contributed by atoms with Crippen molar-refractivity contribution in [2.45, 2.75) is 23.6 Å². The van der Waals surface area contributed by atoms with E-state index < -0.39 is 46.3 Å². The van der Waals surface area contributed by atoms with Crippen molar-refractivity contribution in [2.75, 3.05) is 19.8 Å². The molecule has 21 heavy (non-hydrogen) atoms. The van der Waals surface area contributed by atoms with E-state index in [0.29, 0.717) is 0 Å². The van der Waals surface area contributed by atoms with Gasteiger partial charge < -0.3 is 19.3 Å². The molecule has 0 aromatic rings. The average Bonchev–Trinajstić information content (AvgIpc) is 2.33. The van der Waals surface area contributed by atoms with Crippen molar-refractivity contribution in [3.05, 3.63) is 0 Å². The Morgan fingerprint density at radius 2 is 1.90 bits per heavy atom. The number of nitrogens with one attached hydrogen (secondary N) is 1. The second-order valence-corrected chi connectivity index (χ2v) is 5.41. The summed E-state index contributed by atoms with van der Waals surface area (Å²) in [5.74, 6) is -1.81. The molecule has 7 nitrogen and oxygen atoms in total. The number of hydrogen-bond acceptors (Lipinski definition) is 7. The molecule has 1 aliphatic heterocycles. The van der Waals surface area contributed by atoms with Crippen molar-refractivity contribution in [3.8, 4) is 0 Å². The van der Waals surface area contributed by atoms with Gasteiger partial charge in [-0.1, -0.05) is 0 Å².